The molecular weight excluding hydrogens is 300 g/mol. The molecule has 0 spiro atoms. The first-order valence-electron chi connectivity index (χ1n) is 7.78. The summed E-state index contributed by atoms with van der Waals surface area (Å²) in [5.74, 6) is -0.184. The minimum Gasteiger partial charge on any atom is -0.508 e. The number of aldehydes is 1. The molecule has 2 aromatic rings. The van der Waals surface area contributed by atoms with Crippen LogP contribution in [0, 0.1) is 0 Å². The van der Waals surface area contributed by atoms with Crippen LogP contribution in [0.5, 0.6) is 0 Å². The summed E-state index contributed by atoms with van der Waals surface area (Å²) in [5, 5.41) is 10.3. The normalized spacial score (nSPS) is 18.4. The van der Waals surface area contributed by atoms with Crippen LogP contribution in [-0.4, -0.2) is 17.5 Å². The van der Waals surface area contributed by atoms with Gasteiger partial charge in [0.2, 0.25) is 0 Å². The molecule has 3 heteroatoms. The highest BCUT2D eigenvalue weighted by Crippen LogP contribution is 2.33. The summed E-state index contributed by atoms with van der Waals surface area (Å²) in [5.41, 5.74) is 2.58. The maximum absolute atomic E-state index is 11.4. The lowest BCUT2D eigenvalue weighted by Gasteiger charge is -2.25. The summed E-state index contributed by atoms with van der Waals surface area (Å²) in [6.07, 6.45) is 6.71. The van der Waals surface area contributed by atoms with E-state index in [1.165, 1.54) is 12.3 Å². The van der Waals surface area contributed by atoms with Crippen molar-refractivity contribution in [2.24, 2.45) is 0 Å². The molecule has 0 saturated carbocycles. The molecule has 0 fully saturated rings. The lowest BCUT2D eigenvalue weighted by Crippen LogP contribution is -2.23. The van der Waals surface area contributed by atoms with Crippen LogP contribution in [0.2, 0.25) is 0 Å². The van der Waals surface area contributed by atoms with Crippen molar-refractivity contribution in [1.29, 1.82) is 0 Å². The monoisotopic (exact) mass is 318 g/mol. The van der Waals surface area contributed by atoms with Crippen LogP contribution < -0.4 is 0 Å². The van der Waals surface area contributed by atoms with E-state index in [-0.39, 0.29) is 11.7 Å². The van der Waals surface area contributed by atoms with Gasteiger partial charge in [0.05, 0.1) is 6.26 Å². The zero-order valence-corrected chi connectivity index (χ0v) is 13.1. The third kappa shape index (κ3) is 3.46. The Kier molecular flexibility index (Phi) is 4.92. The van der Waals surface area contributed by atoms with Gasteiger partial charge in [-0.15, -0.1) is 0 Å². The van der Waals surface area contributed by atoms with Gasteiger partial charge in [0.25, 0.3) is 0 Å². The standard InChI is InChI=1S/C21H18O3/c22-15-20-21(19(23)13-14-24-20)18(17-9-5-2-6-10-17)12-11-16-7-3-1-4-8-16/h1-15,18,20,23H/b12-11+. The van der Waals surface area contributed by atoms with Crippen LogP contribution in [0.15, 0.2) is 90.4 Å². The molecule has 2 atom stereocenters. The SMILES string of the molecule is O=CC1OC=CC(O)=C1C(/C=C/c1ccccc1)c1ccccc1. The molecule has 0 radical (unpaired) electrons. The molecule has 0 bridgehead atoms. The van der Waals surface area contributed by atoms with Gasteiger partial charge < -0.3 is 9.84 Å². The number of aliphatic hydroxyl groups is 1. The summed E-state index contributed by atoms with van der Waals surface area (Å²) >= 11 is 0. The zero-order chi connectivity index (χ0) is 16.8. The lowest BCUT2D eigenvalue weighted by atomic mass is 9.85. The van der Waals surface area contributed by atoms with E-state index < -0.39 is 6.10 Å². The first kappa shape index (κ1) is 15.8. The van der Waals surface area contributed by atoms with Crippen molar-refractivity contribution in [2.75, 3.05) is 0 Å². The Morgan fingerprint density at radius 3 is 2.33 bits per heavy atom. The predicted octanol–water partition coefficient (Wildman–Crippen LogP) is 4.41. The molecule has 0 amide bonds. The minimum absolute atomic E-state index is 0.0740. The third-order valence-electron chi connectivity index (χ3n) is 3.95. The van der Waals surface area contributed by atoms with Crippen LogP contribution in [0.1, 0.15) is 17.0 Å². The van der Waals surface area contributed by atoms with Gasteiger partial charge in [-0.3, -0.25) is 4.79 Å². The Balaban J connectivity index is 2.04. The van der Waals surface area contributed by atoms with Gasteiger partial charge in [-0.2, -0.15) is 0 Å². The number of hydrogen-bond acceptors (Lipinski definition) is 3. The van der Waals surface area contributed by atoms with Crippen molar-refractivity contribution >= 4 is 12.4 Å². The van der Waals surface area contributed by atoms with Crippen LogP contribution in [0.25, 0.3) is 6.08 Å². The number of carbonyl (C=O) groups excluding carboxylic acids is 1. The molecule has 0 aliphatic carbocycles. The molecule has 120 valence electrons. The van der Waals surface area contributed by atoms with Crippen LogP contribution in [-0.2, 0) is 9.53 Å². The molecule has 2 aromatic carbocycles. The average Bonchev–Trinajstić information content (AvgIpc) is 2.64. The molecule has 2 unspecified atom stereocenters. The van der Waals surface area contributed by atoms with Crippen LogP contribution in [0.4, 0.5) is 0 Å². The number of rotatable bonds is 5. The molecule has 1 aliphatic rings. The smallest absolute Gasteiger partial charge is 0.179 e. The van der Waals surface area contributed by atoms with Crippen molar-refractivity contribution in [3.8, 4) is 0 Å². The Bertz CT molecular complexity index is 773. The molecular formula is C21H18O3. The fourth-order valence-electron chi connectivity index (χ4n) is 2.77. The van der Waals surface area contributed by atoms with E-state index in [9.17, 15) is 9.90 Å². The first-order valence-corrected chi connectivity index (χ1v) is 7.78. The maximum Gasteiger partial charge on any atom is 0.179 e. The number of hydrogen-bond donors (Lipinski definition) is 1. The molecule has 24 heavy (non-hydrogen) atoms. The largest absolute Gasteiger partial charge is 0.508 e. The van der Waals surface area contributed by atoms with E-state index in [2.05, 4.69) is 0 Å². The fourth-order valence-corrected chi connectivity index (χ4v) is 2.77. The highest BCUT2D eigenvalue weighted by atomic mass is 16.5. The van der Waals surface area contributed by atoms with E-state index in [0.29, 0.717) is 11.9 Å². The van der Waals surface area contributed by atoms with Crippen molar-refractivity contribution in [3.05, 3.63) is 102 Å². The van der Waals surface area contributed by atoms with Gasteiger partial charge in [0.15, 0.2) is 12.4 Å². The average molecular weight is 318 g/mol. The number of carbonyl (C=O) groups is 1. The topological polar surface area (TPSA) is 46.5 Å². The van der Waals surface area contributed by atoms with Gasteiger partial charge in [-0.1, -0.05) is 72.8 Å². The quantitative estimate of drug-likeness (QED) is 0.831. The van der Waals surface area contributed by atoms with Gasteiger partial charge in [-0.05, 0) is 11.1 Å². The van der Waals surface area contributed by atoms with Gasteiger partial charge in [-0.25, -0.2) is 0 Å². The number of aliphatic hydroxyl groups excluding tert-OH is 1. The van der Waals surface area contributed by atoms with E-state index in [1.54, 1.807) is 0 Å². The molecule has 1 aliphatic heterocycles. The maximum atomic E-state index is 11.4. The second kappa shape index (κ2) is 7.47. The Hall–Kier alpha value is -3.07. The molecule has 3 nitrogen and oxygen atoms in total. The number of ether oxygens (including phenoxy) is 1. The number of benzene rings is 2. The molecule has 1 N–H and O–H groups in total. The first-order chi connectivity index (χ1) is 11.8. The summed E-state index contributed by atoms with van der Waals surface area (Å²) in [7, 11) is 0. The second-order valence-electron chi connectivity index (χ2n) is 5.49. The fraction of sp³-hybridized carbons (Fsp3) is 0.0952. The van der Waals surface area contributed by atoms with Crippen LogP contribution >= 0.6 is 0 Å². The molecule has 3 rings (SSSR count). The summed E-state index contributed by atoms with van der Waals surface area (Å²) < 4.78 is 5.36. The van der Waals surface area contributed by atoms with Crippen molar-refractivity contribution < 1.29 is 14.6 Å². The minimum atomic E-state index is -0.791. The molecule has 1 heterocycles. The highest BCUT2D eigenvalue weighted by Gasteiger charge is 2.28. The summed E-state index contributed by atoms with van der Waals surface area (Å²) in [6.45, 7) is 0. The number of allylic oxidation sites excluding steroid dienone is 2. The van der Waals surface area contributed by atoms with Gasteiger partial charge in [0, 0.05) is 17.6 Å². The summed E-state index contributed by atoms with van der Waals surface area (Å²) in [6, 6.07) is 19.6. The third-order valence-corrected chi connectivity index (χ3v) is 3.95. The van der Waals surface area contributed by atoms with Gasteiger partial charge in [0.1, 0.15) is 5.76 Å². The Morgan fingerprint density at radius 2 is 1.67 bits per heavy atom. The zero-order valence-electron chi connectivity index (χ0n) is 13.1. The van der Waals surface area contributed by atoms with E-state index in [0.717, 1.165) is 11.1 Å². The molecule has 0 aromatic heterocycles. The predicted molar refractivity (Wildman–Crippen MR) is 94.4 cm³/mol. The second-order valence-corrected chi connectivity index (χ2v) is 5.49. The highest BCUT2D eigenvalue weighted by molar-refractivity contribution is 5.66. The Labute approximate surface area is 141 Å². The van der Waals surface area contributed by atoms with Gasteiger partial charge >= 0.3 is 0 Å². The summed E-state index contributed by atoms with van der Waals surface area (Å²) in [4.78, 5) is 11.4. The lowest BCUT2D eigenvalue weighted by molar-refractivity contribution is -0.114. The molecule has 0 saturated heterocycles. The van der Waals surface area contributed by atoms with E-state index in [1.807, 2.05) is 72.8 Å². The van der Waals surface area contributed by atoms with Crippen LogP contribution in [0.3, 0.4) is 0 Å². The Morgan fingerprint density at radius 1 is 1.00 bits per heavy atom. The van der Waals surface area contributed by atoms with Crippen molar-refractivity contribution in [3.63, 3.8) is 0 Å². The van der Waals surface area contributed by atoms with E-state index >= 15 is 0 Å². The van der Waals surface area contributed by atoms with Crippen molar-refractivity contribution in [1.82, 2.24) is 0 Å². The van der Waals surface area contributed by atoms with Crippen molar-refractivity contribution in [2.45, 2.75) is 12.0 Å². The van der Waals surface area contributed by atoms with E-state index in [4.69, 9.17) is 4.74 Å².